The Hall–Kier alpha value is -1.72. The maximum atomic E-state index is 12.2. The minimum Gasteiger partial charge on any atom is -0.355 e. The molecule has 1 amide bonds. The summed E-state index contributed by atoms with van der Waals surface area (Å²) >= 11 is 1.63. The normalized spacial score (nSPS) is 16.0. The third kappa shape index (κ3) is 5.94. The van der Waals surface area contributed by atoms with Gasteiger partial charge in [-0.25, -0.2) is 4.98 Å². The molecule has 1 unspecified atom stereocenters. The molecule has 1 fully saturated rings. The Balaban J connectivity index is 1.40. The molecule has 1 atom stereocenters. The lowest BCUT2D eigenvalue weighted by Gasteiger charge is -2.20. The van der Waals surface area contributed by atoms with E-state index in [0.717, 1.165) is 30.2 Å². The molecule has 0 saturated carbocycles. The molecule has 3 rings (SSSR count). The highest BCUT2D eigenvalue weighted by Gasteiger charge is 2.15. The highest BCUT2D eigenvalue weighted by atomic mass is 32.1. The highest BCUT2D eigenvalue weighted by Crippen LogP contribution is 2.15. The average molecular weight is 358 g/mol. The number of hydrogen-bond donors (Lipinski definition) is 1. The predicted octanol–water partition coefficient (Wildman–Crippen LogP) is 3.12. The number of carbonyl (C=O) groups is 1. The van der Waals surface area contributed by atoms with Crippen LogP contribution in [0.2, 0.25) is 0 Å². The van der Waals surface area contributed by atoms with Crippen LogP contribution in [0.25, 0.3) is 0 Å². The van der Waals surface area contributed by atoms with Crippen LogP contribution in [-0.2, 0) is 17.6 Å². The van der Waals surface area contributed by atoms with E-state index >= 15 is 0 Å². The summed E-state index contributed by atoms with van der Waals surface area (Å²) < 4.78 is 0. The number of likely N-dealkylation sites (tertiary alicyclic amines) is 1. The second-order valence-corrected chi connectivity index (χ2v) is 7.93. The van der Waals surface area contributed by atoms with Crippen LogP contribution in [0, 0.1) is 5.92 Å². The number of benzene rings is 1. The molecular weight excluding hydrogens is 330 g/mol. The van der Waals surface area contributed by atoms with Crippen molar-refractivity contribution in [2.24, 2.45) is 5.92 Å². The number of thiazole rings is 1. The lowest BCUT2D eigenvalue weighted by molar-refractivity contribution is -0.120. The van der Waals surface area contributed by atoms with Gasteiger partial charge in [0.15, 0.2) is 0 Å². The Labute approximate surface area is 154 Å². The van der Waals surface area contributed by atoms with E-state index in [-0.39, 0.29) is 5.91 Å². The van der Waals surface area contributed by atoms with Crippen molar-refractivity contribution in [3.05, 3.63) is 52.0 Å². The van der Waals surface area contributed by atoms with Gasteiger partial charge in [0.2, 0.25) is 5.91 Å². The summed E-state index contributed by atoms with van der Waals surface area (Å²) in [6.07, 6.45) is 3.84. The van der Waals surface area contributed by atoms with Crippen LogP contribution in [0.15, 0.2) is 35.7 Å². The van der Waals surface area contributed by atoms with Crippen molar-refractivity contribution < 1.29 is 4.79 Å². The predicted molar refractivity (Wildman–Crippen MR) is 103 cm³/mol. The van der Waals surface area contributed by atoms with Crippen LogP contribution in [0.4, 0.5) is 0 Å². The molecule has 1 aromatic heterocycles. The van der Waals surface area contributed by atoms with Gasteiger partial charge >= 0.3 is 0 Å². The Kier molecular flexibility index (Phi) is 6.59. The summed E-state index contributed by atoms with van der Waals surface area (Å²) in [5.74, 6) is 0.566. The maximum absolute atomic E-state index is 12.2. The van der Waals surface area contributed by atoms with E-state index in [1.807, 2.05) is 23.6 Å². The van der Waals surface area contributed by atoms with Crippen LogP contribution in [0.3, 0.4) is 0 Å². The third-order valence-corrected chi connectivity index (χ3v) is 5.45. The molecule has 1 N–H and O–H groups in total. The molecule has 5 heteroatoms. The fraction of sp³-hybridized carbons (Fsp3) is 0.500. The molecule has 4 nitrogen and oxygen atoms in total. The van der Waals surface area contributed by atoms with Gasteiger partial charge in [-0.3, -0.25) is 4.79 Å². The topological polar surface area (TPSA) is 45.2 Å². The van der Waals surface area contributed by atoms with Crippen molar-refractivity contribution in [3.63, 3.8) is 0 Å². The van der Waals surface area contributed by atoms with E-state index in [1.165, 1.54) is 31.5 Å². The summed E-state index contributed by atoms with van der Waals surface area (Å²) in [4.78, 5) is 19.3. The Bertz CT molecular complexity index is 665. The zero-order valence-electron chi connectivity index (χ0n) is 14.9. The molecule has 0 aliphatic carbocycles. The van der Waals surface area contributed by atoms with E-state index < -0.39 is 0 Å². The van der Waals surface area contributed by atoms with Crippen LogP contribution < -0.4 is 5.32 Å². The Morgan fingerprint density at radius 2 is 2.04 bits per heavy atom. The van der Waals surface area contributed by atoms with E-state index in [0.29, 0.717) is 12.3 Å². The first-order valence-corrected chi connectivity index (χ1v) is 10.0. The van der Waals surface area contributed by atoms with Crippen molar-refractivity contribution in [2.45, 2.75) is 32.6 Å². The highest BCUT2D eigenvalue weighted by molar-refractivity contribution is 7.09. The SMILES string of the molecule is CC(CNC(=O)Cc1csc(Cc2ccccc2)n1)CN1CCCC1. The van der Waals surface area contributed by atoms with E-state index in [9.17, 15) is 4.79 Å². The molecule has 0 bridgehead atoms. The fourth-order valence-corrected chi connectivity index (χ4v) is 4.10. The van der Waals surface area contributed by atoms with Crippen LogP contribution in [0.5, 0.6) is 0 Å². The minimum absolute atomic E-state index is 0.0739. The summed E-state index contributed by atoms with van der Waals surface area (Å²) in [5.41, 5.74) is 2.13. The number of amides is 1. The number of rotatable bonds is 8. The number of hydrogen-bond acceptors (Lipinski definition) is 4. The maximum Gasteiger partial charge on any atom is 0.226 e. The van der Waals surface area contributed by atoms with Gasteiger partial charge in [0.05, 0.1) is 17.1 Å². The second-order valence-electron chi connectivity index (χ2n) is 6.99. The van der Waals surface area contributed by atoms with Crippen molar-refractivity contribution >= 4 is 17.2 Å². The number of carbonyl (C=O) groups excluding carboxylic acids is 1. The lowest BCUT2D eigenvalue weighted by Crippen LogP contribution is -2.35. The van der Waals surface area contributed by atoms with E-state index in [2.05, 4.69) is 34.3 Å². The second kappa shape index (κ2) is 9.11. The number of nitrogens with zero attached hydrogens (tertiary/aromatic N) is 2. The van der Waals surface area contributed by atoms with Crippen molar-refractivity contribution in [1.82, 2.24) is 15.2 Å². The van der Waals surface area contributed by atoms with Crippen LogP contribution >= 0.6 is 11.3 Å². The molecule has 0 radical (unpaired) electrons. The molecule has 0 spiro atoms. The molecule has 2 aromatic rings. The standard InChI is InChI=1S/C20H27N3OS/c1-16(14-23-9-5-6-10-23)13-21-19(24)12-18-15-25-20(22-18)11-17-7-3-2-4-8-17/h2-4,7-8,15-16H,5-6,9-14H2,1H3,(H,21,24). The van der Waals surface area contributed by atoms with Gasteiger partial charge in [0, 0.05) is 24.9 Å². The summed E-state index contributed by atoms with van der Waals surface area (Å²) in [5, 5.41) is 6.13. The van der Waals surface area contributed by atoms with Crippen LogP contribution in [-0.4, -0.2) is 42.0 Å². The molecule has 1 aliphatic rings. The van der Waals surface area contributed by atoms with Gasteiger partial charge in [-0.05, 0) is 37.4 Å². The van der Waals surface area contributed by atoms with Gasteiger partial charge < -0.3 is 10.2 Å². The Morgan fingerprint density at radius 3 is 2.80 bits per heavy atom. The number of aromatic nitrogens is 1. The zero-order valence-corrected chi connectivity index (χ0v) is 15.7. The minimum atomic E-state index is 0.0739. The monoisotopic (exact) mass is 357 g/mol. The number of nitrogens with one attached hydrogen (secondary N) is 1. The summed E-state index contributed by atoms with van der Waals surface area (Å²) in [6, 6.07) is 10.3. The first-order valence-electron chi connectivity index (χ1n) is 9.15. The first-order chi connectivity index (χ1) is 12.2. The molecule has 1 aliphatic heterocycles. The van der Waals surface area contributed by atoms with Crippen molar-refractivity contribution in [3.8, 4) is 0 Å². The molecule has 25 heavy (non-hydrogen) atoms. The van der Waals surface area contributed by atoms with E-state index in [4.69, 9.17) is 0 Å². The van der Waals surface area contributed by atoms with Gasteiger partial charge in [0.25, 0.3) is 0 Å². The van der Waals surface area contributed by atoms with Gasteiger partial charge in [-0.15, -0.1) is 11.3 Å². The van der Waals surface area contributed by atoms with Crippen molar-refractivity contribution in [2.75, 3.05) is 26.2 Å². The molecule has 1 aromatic carbocycles. The van der Waals surface area contributed by atoms with Gasteiger partial charge in [-0.1, -0.05) is 37.3 Å². The average Bonchev–Trinajstić information content (AvgIpc) is 3.26. The zero-order chi connectivity index (χ0) is 17.5. The molecule has 2 heterocycles. The third-order valence-electron chi connectivity index (χ3n) is 4.56. The summed E-state index contributed by atoms with van der Waals surface area (Å²) in [7, 11) is 0. The molecule has 134 valence electrons. The largest absolute Gasteiger partial charge is 0.355 e. The Morgan fingerprint density at radius 1 is 1.28 bits per heavy atom. The first kappa shape index (κ1) is 18.1. The van der Waals surface area contributed by atoms with Gasteiger partial charge in [-0.2, -0.15) is 0 Å². The molecular formula is C20H27N3OS. The summed E-state index contributed by atoms with van der Waals surface area (Å²) in [6.45, 7) is 6.45. The smallest absolute Gasteiger partial charge is 0.226 e. The quantitative estimate of drug-likeness (QED) is 0.789. The van der Waals surface area contributed by atoms with E-state index in [1.54, 1.807) is 11.3 Å². The fourth-order valence-electron chi connectivity index (χ4n) is 3.27. The molecule has 1 saturated heterocycles. The lowest BCUT2D eigenvalue weighted by atomic mass is 10.1. The van der Waals surface area contributed by atoms with Crippen molar-refractivity contribution in [1.29, 1.82) is 0 Å². The van der Waals surface area contributed by atoms with Crippen LogP contribution in [0.1, 0.15) is 36.0 Å². The van der Waals surface area contributed by atoms with Gasteiger partial charge in [0.1, 0.15) is 0 Å².